The van der Waals surface area contributed by atoms with Gasteiger partial charge in [0.15, 0.2) is 5.82 Å². The standard InChI is InChI=1S/C30H32N6O2/c1-4-28(29-32-33-34-36(29)19-22-8-6-5-7-9-22)35(18-23-12-10-21(2)11-13-23)20-25-16-24-17-26(38-3)14-15-27(24)31-30(25)37/h5-17,28H,4,18-20H2,1-3H3,(H,31,37)/t28-/m0/s1. The van der Waals surface area contributed by atoms with Gasteiger partial charge in [-0.25, -0.2) is 4.68 Å². The van der Waals surface area contributed by atoms with Crippen LogP contribution in [-0.4, -0.2) is 37.2 Å². The van der Waals surface area contributed by atoms with Crippen LogP contribution in [0.1, 0.15) is 47.5 Å². The predicted molar refractivity (Wildman–Crippen MR) is 148 cm³/mol. The Morgan fingerprint density at radius 3 is 2.50 bits per heavy atom. The molecule has 0 aliphatic rings. The molecule has 0 aliphatic carbocycles. The van der Waals surface area contributed by atoms with Crippen molar-refractivity contribution in [2.75, 3.05) is 7.11 Å². The van der Waals surface area contributed by atoms with E-state index >= 15 is 0 Å². The fourth-order valence-corrected chi connectivity index (χ4v) is 4.82. The maximum Gasteiger partial charge on any atom is 0.252 e. The average Bonchev–Trinajstić information content (AvgIpc) is 3.38. The number of fused-ring (bicyclic) bond motifs is 1. The highest BCUT2D eigenvalue weighted by atomic mass is 16.5. The molecule has 8 nitrogen and oxygen atoms in total. The third kappa shape index (κ3) is 5.65. The molecule has 8 heteroatoms. The Labute approximate surface area is 221 Å². The lowest BCUT2D eigenvalue weighted by molar-refractivity contribution is 0.161. The number of hydrogen-bond donors (Lipinski definition) is 1. The lowest BCUT2D eigenvalue weighted by Crippen LogP contribution is -2.32. The minimum Gasteiger partial charge on any atom is -0.497 e. The van der Waals surface area contributed by atoms with Gasteiger partial charge in [-0.05, 0) is 59.2 Å². The van der Waals surface area contributed by atoms with Gasteiger partial charge in [0.05, 0.1) is 19.7 Å². The van der Waals surface area contributed by atoms with Gasteiger partial charge in [0.1, 0.15) is 5.75 Å². The molecule has 1 N–H and O–H groups in total. The average molecular weight is 509 g/mol. The minimum absolute atomic E-state index is 0.101. The maximum atomic E-state index is 13.2. The molecule has 0 saturated heterocycles. The second kappa shape index (κ2) is 11.4. The van der Waals surface area contributed by atoms with Crippen molar-refractivity contribution in [2.45, 2.75) is 45.9 Å². The van der Waals surface area contributed by atoms with Crippen molar-refractivity contribution in [3.05, 3.63) is 117 Å². The normalized spacial score (nSPS) is 12.2. The van der Waals surface area contributed by atoms with Crippen LogP contribution in [0.15, 0.2) is 83.7 Å². The van der Waals surface area contributed by atoms with Crippen LogP contribution in [0.25, 0.3) is 10.9 Å². The molecule has 38 heavy (non-hydrogen) atoms. The van der Waals surface area contributed by atoms with Crippen molar-refractivity contribution in [1.82, 2.24) is 30.1 Å². The van der Waals surface area contributed by atoms with Gasteiger partial charge in [-0.2, -0.15) is 0 Å². The summed E-state index contributed by atoms with van der Waals surface area (Å²) in [6.07, 6.45) is 0.778. The highest BCUT2D eigenvalue weighted by Crippen LogP contribution is 2.27. The highest BCUT2D eigenvalue weighted by Gasteiger charge is 2.26. The molecule has 0 spiro atoms. The molecule has 0 saturated carbocycles. The summed E-state index contributed by atoms with van der Waals surface area (Å²) in [4.78, 5) is 18.5. The Balaban J connectivity index is 1.52. The van der Waals surface area contributed by atoms with E-state index in [0.717, 1.165) is 40.0 Å². The molecule has 2 heterocycles. The van der Waals surface area contributed by atoms with Crippen LogP contribution >= 0.6 is 0 Å². The SMILES string of the molecule is CC[C@@H](c1nnnn1Cc1ccccc1)N(Cc1ccc(C)cc1)Cc1cc2cc(OC)ccc2[nH]c1=O. The summed E-state index contributed by atoms with van der Waals surface area (Å²) >= 11 is 0. The summed E-state index contributed by atoms with van der Waals surface area (Å²) in [5, 5.41) is 13.7. The van der Waals surface area contributed by atoms with E-state index in [9.17, 15) is 4.79 Å². The summed E-state index contributed by atoms with van der Waals surface area (Å²) < 4.78 is 7.26. The van der Waals surface area contributed by atoms with Gasteiger partial charge in [0.2, 0.25) is 0 Å². The molecule has 5 aromatic rings. The Hall–Kier alpha value is -4.30. The van der Waals surface area contributed by atoms with Gasteiger partial charge >= 0.3 is 0 Å². The summed E-state index contributed by atoms with van der Waals surface area (Å²) in [6, 6.07) is 26.2. The molecule has 0 bridgehead atoms. The first kappa shape index (κ1) is 25.4. The molecule has 0 fully saturated rings. The van der Waals surface area contributed by atoms with E-state index in [1.807, 2.05) is 47.1 Å². The maximum absolute atomic E-state index is 13.2. The van der Waals surface area contributed by atoms with Crippen molar-refractivity contribution >= 4 is 10.9 Å². The fourth-order valence-electron chi connectivity index (χ4n) is 4.82. The quantitative estimate of drug-likeness (QED) is 0.285. The minimum atomic E-state index is -0.102. The number of hydrogen-bond acceptors (Lipinski definition) is 6. The van der Waals surface area contributed by atoms with E-state index in [1.54, 1.807) is 7.11 Å². The van der Waals surface area contributed by atoms with E-state index in [4.69, 9.17) is 4.74 Å². The van der Waals surface area contributed by atoms with Crippen LogP contribution in [-0.2, 0) is 19.6 Å². The smallest absolute Gasteiger partial charge is 0.252 e. The molecule has 2 aromatic heterocycles. The molecule has 0 unspecified atom stereocenters. The Morgan fingerprint density at radius 2 is 1.76 bits per heavy atom. The van der Waals surface area contributed by atoms with Crippen LogP contribution in [0.3, 0.4) is 0 Å². The number of methoxy groups -OCH3 is 1. The van der Waals surface area contributed by atoms with E-state index < -0.39 is 0 Å². The summed E-state index contributed by atoms with van der Waals surface area (Å²) in [5.41, 5.74) is 4.85. The number of aromatic amines is 1. The third-order valence-corrected chi connectivity index (χ3v) is 6.87. The number of ether oxygens (including phenoxy) is 1. The van der Waals surface area contributed by atoms with E-state index in [-0.39, 0.29) is 11.6 Å². The van der Waals surface area contributed by atoms with Crippen LogP contribution in [0.4, 0.5) is 0 Å². The van der Waals surface area contributed by atoms with E-state index in [1.165, 1.54) is 5.56 Å². The lowest BCUT2D eigenvalue weighted by Gasteiger charge is -2.30. The second-order valence-electron chi connectivity index (χ2n) is 9.57. The number of aromatic nitrogens is 5. The molecule has 0 radical (unpaired) electrons. The van der Waals surface area contributed by atoms with Crippen LogP contribution in [0.2, 0.25) is 0 Å². The van der Waals surface area contributed by atoms with Crippen molar-refractivity contribution in [2.24, 2.45) is 0 Å². The first-order chi connectivity index (χ1) is 18.5. The Kier molecular flexibility index (Phi) is 7.60. The zero-order chi connectivity index (χ0) is 26.5. The zero-order valence-corrected chi connectivity index (χ0v) is 22.0. The van der Waals surface area contributed by atoms with Crippen LogP contribution in [0, 0.1) is 6.92 Å². The van der Waals surface area contributed by atoms with Crippen molar-refractivity contribution in [3.8, 4) is 5.75 Å². The van der Waals surface area contributed by atoms with Gasteiger partial charge in [-0.1, -0.05) is 67.1 Å². The predicted octanol–water partition coefficient (Wildman–Crippen LogP) is 5.03. The number of nitrogens with one attached hydrogen (secondary N) is 1. The highest BCUT2D eigenvalue weighted by molar-refractivity contribution is 5.80. The number of pyridine rings is 1. The number of rotatable bonds is 10. The monoisotopic (exact) mass is 508 g/mol. The van der Waals surface area contributed by atoms with Gasteiger partial charge in [0, 0.05) is 29.6 Å². The molecule has 3 aromatic carbocycles. The Bertz CT molecular complexity index is 1560. The molecular weight excluding hydrogens is 476 g/mol. The van der Waals surface area contributed by atoms with Gasteiger partial charge in [-0.3, -0.25) is 9.69 Å². The van der Waals surface area contributed by atoms with Crippen molar-refractivity contribution < 1.29 is 4.74 Å². The number of tetrazole rings is 1. The van der Waals surface area contributed by atoms with E-state index in [0.29, 0.717) is 25.2 Å². The summed E-state index contributed by atoms with van der Waals surface area (Å²) in [6.45, 7) is 5.87. The number of nitrogens with zero attached hydrogens (tertiary/aromatic N) is 5. The number of aryl methyl sites for hydroxylation is 1. The Morgan fingerprint density at radius 1 is 0.974 bits per heavy atom. The molecule has 0 amide bonds. The van der Waals surface area contributed by atoms with Gasteiger partial charge < -0.3 is 9.72 Å². The van der Waals surface area contributed by atoms with Crippen LogP contribution in [0.5, 0.6) is 5.75 Å². The number of benzene rings is 3. The number of H-pyrrole nitrogens is 1. The van der Waals surface area contributed by atoms with Gasteiger partial charge in [-0.15, -0.1) is 5.10 Å². The first-order valence-electron chi connectivity index (χ1n) is 12.8. The molecular formula is C30H32N6O2. The van der Waals surface area contributed by atoms with Crippen molar-refractivity contribution in [1.29, 1.82) is 0 Å². The van der Waals surface area contributed by atoms with E-state index in [2.05, 4.69) is 75.7 Å². The summed E-state index contributed by atoms with van der Waals surface area (Å²) in [5.74, 6) is 1.53. The fraction of sp³-hybridized carbons (Fsp3) is 0.267. The lowest BCUT2D eigenvalue weighted by atomic mass is 10.1. The zero-order valence-electron chi connectivity index (χ0n) is 22.0. The van der Waals surface area contributed by atoms with Crippen LogP contribution < -0.4 is 10.3 Å². The molecule has 194 valence electrons. The summed E-state index contributed by atoms with van der Waals surface area (Å²) in [7, 11) is 1.64. The largest absolute Gasteiger partial charge is 0.497 e. The molecule has 5 rings (SSSR count). The van der Waals surface area contributed by atoms with Crippen molar-refractivity contribution in [3.63, 3.8) is 0 Å². The molecule has 1 atom stereocenters. The topological polar surface area (TPSA) is 88.9 Å². The first-order valence-corrected chi connectivity index (χ1v) is 12.8. The van der Waals surface area contributed by atoms with Gasteiger partial charge in [0.25, 0.3) is 5.56 Å². The second-order valence-corrected chi connectivity index (χ2v) is 9.57. The molecule has 0 aliphatic heterocycles. The third-order valence-electron chi connectivity index (χ3n) is 6.87.